The van der Waals surface area contributed by atoms with E-state index in [0.29, 0.717) is 6.54 Å². The normalized spacial score (nSPS) is 13.4. The number of aliphatic carboxylic acids is 1. The Morgan fingerprint density at radius 2 is 1.86 bits per heavy atom. The molecular formula is C13H25N3O5. The Kier molecular flexibility index (Phi) is 7.72. The van der Waals surface area contributed by atoms with Crippen molar-refractivity contribution >= 4 is 17.9 Å². The average Bonchev–Trinajstić information content (AvgIpc) is 2.30. The maximum atomic E-state index is 11.9. The smallest absolute Gasteiger partial charge is 0.317 e. The summed E-state index contributed by atoms with van der Waals surface area (Å²) in [7, 11) is 0. The van der Waals surface area contributed by atoms with Gasteiger partial charge in [0.25, 0.3) is 0 Å². The van der Waals surface area contributed by atoms with Gasteiger partial charge in [-0.3, -0.25) is 9.59 Å². The van der Waals surface area contributed by atoms with Crippen LogP contribution in [0.2, 0.25) is 0 Å². The second-order valence-corrected chi connectivity index (χ2v) is 5.46. The third kappa shape index (κ3) is 8.85. The van der Waals surface area contributed by atoms with Gasteiger partial charge < -0.3 is 25.7 Å². The Balaban J connectivity index is 4.40. The number of carboxylic acid groups (broad SMARTS) is 1. The van der Waals surface area contributed by atoms with Gasteiger partial charge in [-0.15, -0.1) is 0 Å². The van der Waals surface area contributed by atoms with Crippen LogP contribution in [0.4, 0.5) is 4.79 Å². The molecule has 3 amide bonds. The summed E-state index contributed by atoms with van der Waals surface area (Å²) in [6.07, 6.45) is -0.479. The first-order valence-corrected chi connectivity index (χ1v) is 6.83. The maximum absolute atomic E-state index is 11.9. The molecule has 0 aromatic carbocycles. The minimum Gasteiger partial charge on any atom is -0.481 e. The van der Waals surface area contributed by atoms with Crippen LogP contribution in [-0.2, 0) is 9.59 Å². The molecular weight excluding hydrogens is 278 g/mol. The van der Waals surface area contributed by atoms with Crippen molar-refractivity contribution in [2.45, 2.75) is 45.8 Å². The second-order valence-electron chi connectivity index (χ2n) is 5.46. The van der Waals surface area contributed by atoms with Crippen LogP contribution < -0.4 is 10.6 Å². The molecule has 1 atom stereocenters. The summed E-state index contributed by atoms with van der Waals surface area (Å²) in [5, 5.41) is 23.5. The molecule has 0 heterocycles. The summed E-state index contributed by atoms with van der Waals surface area (Å²) in [4.78, 5) is 35.4. The standard InChI is InChI=1S/C13H25N3O5/c1-5-16(7-10(17)15-9(2)3)12(20)14-8-13(4,21)6-11(18)19/h9,21H,5-8H2,1-4H3,(H,14,20)(H,15,17)(H,18,19). The molecule has 4 N–H and O–H groups in total. The van der Waals surface area contributed by atoms with E-state index in [4.69, 9.17) is 5.11 Å². The van der Waals surface area contributed by atoms with E-state index in [-0.39, 0.29) is 25.0 Å². The molecule has 122 valence electrons. The van der Waals surface area contributed by atoms with Crippen LogP contribution >= 0.6 is 0 Å². The first-order valence-electron chi connectivity index (χ1n) is 6.83. The van der Waals surface area contributed by atoms with E-state index in [1.807, 2.05) is 13.8 Å². The highest BCUT2D eigenvalue weighted by Crippen LogP contribution is 2.07. The van der Waals surface area contributed by atoms with Gasteiger partial charge in [-0.25, -0.2) is 4.79 Å². The van der Waals surface area contributed by atoms with Crippen LogP contribution in [0, 0.1) is 0 Å². The van der Waals surface area contributed by atoms with Gasteiger partial charge in [-0.2, -0.15) is 0 Å². The zero-order chi connectivity index (χ0) is 16.6. The van der Waals surface area contributed by atoms with Crippen molar-refractivity contribution in [1.82, 2.24) is 15.5 Å². The van der Waals surface area contributed by atoms with E-state index in [9.17, 15) is 19.5 Å². The summed E-state index contributed by atoms with van der Waals surface area (Å²) in [5.74, 6) is -1.43. The van der Waals surface area contributed by atoms with E-state index in [1.54, 1.807) is 6.92 Å². The predicted octanol–water partition coefficient (Wildman–Crippen LogP) is -0.232. The number of hydrogen-bond donors (Lipinski definition) is 4. The zero-order valence-electron chi connectivity index (χ0n) is 13.0. The monoisotopic (exact) mass is 303 g/mol. The lowest BCUT2D eigenvalue weighted by Crippen LogP contribution is -2.50. The summed E-state index contributed by atoms with van der Waals surface area (Å²) in [6.45, 7) is 6.69. The number of likely N-dealkylation sites (N-methyl/N-ethyl adjacent to an activating group) is 1. The molecule has 21 heavy (non-hydrogen) atoms. The number of carboxylic acids is 1. The Morgan fingerprint density at radius 3 is 2.29 bits per heavy atom. The number of carbonyl (C=O) groups excluding carboxylic acids is 2. The molecule has 0 saturated carbocycles. The summed E-state index contributed by atoms with van der Waals surface area (Å²) < 4.78 is 0. The molecule has 0 spiro atoms. The quantitative estimate of drug-likeness (QED) is 0.494. The molecule has 0 aromatic heterocycles. The van der Waals surface area contributed by atoms with E-state index in [0.717, 1.165) is 0 Å². The lowest BCUT2D eigenvalue weighted by Gasteiger charge is -2.25. The van der Waals surface area contributed by atoms with Crippen molar-refractivity contribution < 1.29 is 24.6 Å². The molecule has 0 aliphatic rings. The molecule has 0 aromatic rings. The number of carbonyl (C=O) groups is 3. The third-order valence-corrected chi connectivity index (χ3v) is 2.61. The van der Waals surface area contributed by atoms with Crippen molar-refractivity contribution in [3.8, 4) is 0 Å². The molecule has 0 saturated heterocycles. The minimum absolute atomic E-state index is 0.0180. The third-order valence-electron chi connectivity index (χ3n) is 2.61. The van der Waals surface area contributed by atoms with Crippen molar-refractivity contribution in [3.05, 3.63) is 0 Å². The number of nitrogens with zero attached hydrogens (tertiary/aromatic N) is 1. The number of rotatable bonds is 8. The number of amides is 3. The summed E-state index contributed by atoms with van der Waals surface area (Å²) in [6, 6.07) is -0.544. The van der Waals surface area contributed by atoms with Gasteiger partial charge >= 0.3 is 12.0 Å². The molecule has 8 nitrogen and oxygen atoms in total. The Labute approximate surface area is 124 Å². The van der Waals surface area contributed by atoms with Crippen LogP contribution in [0.15, 0.2) is 0 Å². The Morgan fingerprint density at radius 1 is 1.29 bits per heavy atom. The van der Waals surface area contributed by atoms with Crippen molar-refractivity contribution in [2.24, 2.45) is 0 Å². The first kappa shape index (κ1) is 19.2. The lowest BCUT2D eigenvalue weighted by atomic mass is 10.0. The fourth-order valence-corrected chi connectivity index (χ4v) is 1.63. The number of aliphatic hydroxyl groups is 1. The molecule has 1 unspecified atom stereocenters. The Hall–Kier alpha value is -1.83. The van der Waals surface area contributed by atoms with Crippen molar-refractivity contribution in [2.75, 3.05) is 19.6 Å². The van der Waals surface area contributed by atoms with E-state index < -0.39 is 24.0 Å². The number of hydrogen-bond acceptors (Lipinski definition) is 4. The number of nitrogens with one attached hydrogen (secondary N) is 2. The highest BCUT2D eigenvalue weighted by Gasteiger charge is 2.26. The maximum Gasteiger partial charge on any atom is 0.317 e. The summed E-state index contributed by atoms with van der Waals surface area (Å²) >= 11 is 0. The van der Waals surface area contributed by atoms with Gasteiger partial charge in [-0.05, 0) is 27.7 Å². The van der Waals surface area contributed by atoms with E-state index in [1.165, 1.54) is 11.8 Å². The van der Waals surface area contributed by atoms with Crippen LogP contribution in [0.1, 0.15) is 34.1 Å². The van der Waals surface area contributed by atoms with E-state index >= 15 is 0 Å². The van der Waals surface area contributed by atoms with Gasteiger partial charge in [0.15, 0.2) is 0 Å². The number of urea groups is 1. The fourth-order valence-electron chi connectivity index (χ4n) is 1.63. The van der Waals surface area contributed by atoms with Crippen LogP contribution in [0.5, 0.6) is 0 Å². The largest absolute Gasteiger partial charge is 0.481 e. The molecule has 0 fully saturated rings. The molecule has 0 aliphatic carbocycles. The van der Waals surface area contributed by atoms with Crippen LogP contribution in [0.25, 0.3) is 0 Å². The zero-order valence-corrected chi connectivity index (χ0v) is 13.0. The highest BCUT2D eigenvalue weighted by molar-refractivity contribution is 5.84. The fraction of sp³-hybridized carbons (Fsp3) is 0.769. The molecule has 8 heteroatoms. The van der Waals surface area contributed by atoms with Crippen molar-refractivity contribution in [1.29, 1.82) is 0 Å². The predicted molar refractivity (Wildman–Crippen MR) is 76.8 cm³/mol. The highest BCUT2D eigenvalue weighted by atomic mass is 16.4. The molecule has 0 aliphatic heterocycles. The topological polar surface area (TPSA) is 119 Å². The summed E-state index contributed by atoms with van der Waals surface area (Å²) in [5.41, 5.74) is -1.54. The first-order chi connectivity index (χ1) is 9.57. The second kappa shape index (κ2) is 8.46. The van der Waals surface area contributed by atoms with E-state index in [2.05, 4.69) is 10.6 Å². The Bertz CT molecular complexity index is 382. The van der Waals surface area contributed by atoms with Gasteiger partial charge in [-0.1, -0.05) is 0 Å². The minimum atomic E-state index is -1.54. The van der Waals surface area contributed by atoms with Crippen molar-refractivity contribution in [3.63, 3.8) is 0 Å². The van der Waals surface area contributed by atoms with Gasteiger partial charge in [0.1, 0.15) is 6.54 Å². The molecule has 0 rings (SSSR count). The lowest BCUT2D eigenvalue weighted by molar-refractivity contribution is -0.141. The molecule has 0 bridgehead atoms. The van der Waals surface area contributed by atoms with Gasteiger partial charge in [0.05, 0.1) is 12.0 Å². The van der Waals surface area contributed by atoms with Gasteiger partial charge in [0, 0.05) is 19.1 Å². The average molecular weight is 303 g/mol. The molecule has 0 radical (unpaired) electrons. The van der Waals surface area contributed by atoms with Gasteiger partial charge in [0.2, 0.25) is 5.91 Å². The van der Waals surface area contributed by atoms with Crippen LogP contribution in [0.3, 0.4) is 0 Å². The SMILES string of the molecule is CCN(CC(=O)NC(C)C)C(=O)NCC(C)(O)CC(=O)O. The van der Waals surface area contributed by atoms with Crippen LogP contribution in [-0.4, -0.2) is 64.3 Å².